The van der Waals surface area contributed by atoms with Crippen molar-refractivity contribution >= 4 is 22.8 Å². The number of fused-ring (bicyclic) bond motifs is 1. The molecule has 7 nitrogen and oxygen atoms in total. The Morgan fingerprint density at radius 3 is 2.97 bits per heavy atom. The van der Waals surface area contributed by atoms with E-state index in [2.05, 4.69) is 26.3 Å². The summed E-state index contributed by atoms with van der Waals surface area (Å²) >= 11 is 1.82. The fraction of sp³-hybridized carbons (Fsp3) is 0.458. The van der Waals surface area contributed by atoms with Crippen molar-refractivity contribution in [3.8, 4) is 5.75 Å². The van der Waals surface area contributed by atoms with Gasteiger partial charge in [-0.1, -0.05) is 0 Å². The van der Waals surface area contributed by atoms with Gasteiger partial charge in [0.25, 0.3) is 5.56 Å². The first kappa shape index (κ1) is 21.1. The summed E-state index contributed by atoms with van der Waals surface area (Å²) in [5.74, 6) is 1.55. The summed E-state index contributed by atoms with van der Waals surface area (Å²) in [4.78, 5) is 24.6. The Morgan fingerprint density at radius 2 is 2.09 bits per heavy atom. The van der Waals surface area contributed by atoms with Gasteiger partial charge in [-0.25, -0.2) is 4.39 Å². The average Bonchev–Trinajstić information content (AvgIpc) is 3.23. The predicted molar refractivity (Wildman–Crippen MR) is 125 cm³/mol. The lowest BCUT2D eigenvalue weighted by atomic mass is 9.98. The second kappa shape index (κ2) is 8.70. The highest BCUT2D eigenvalue weighted by atomic mass is 32.2. The Bertz CT molecular complexity index is 1260. The van der Waals surface area contributed by atoms with Crippen LogP contribution in [-0.4, -0.2) is 57.5 Å². The summed E-state index contributed by atoms with van der Waals surface area (Å²) in [5, 5.41) is 3.65. The molecule has 0 aromatic carbocycles. The fourth-order valence-corrected chi connectivity index (χ4v) is 6.12. The van der Waals surface area contributed by atoms with Crippen LogP contribution in [0.1, 0.15) is 30.0 Å². The van der Waals surface area contributed by atoms with E-state index < -0.39 is 0 Å². The largest absolute Gasteiger partial charge is 0.490 e. The van der Waals surface area contributed by atoms with E-state index in [9.17, 15) is 9.18 Å². The molecule has 0 unspecified atom stereocenters. The van der Waals surface area contributed by atoms with Gasteiger partial charge in [0, 0.05) is 49.0 Å². The van der Waals surface area contributed by atoms with Crippen LogP contribution in [0, 0.1) is 5.82 Å². The van der Waals surface area contributed by atoms with Crippen molar-refractivity contribution in [3.05, 3.63) is 58.0 Å². The summed E-state index contributed by atoms with van der Waals surface area (Å²) in [7, 11) is 0. The molecule has 3 aliphatic rings. The second-order valence-corrected chi connectivity index (χ2v) is 10.1. The molecule has 6 rings (SSSR count). The Hall–Kier alpha value is -2.49. The molecule has 3 aromatic heterocycles. The molecule has 33 heavy (non-hydrogen) atoms. The normalized spacial score (nSPS) is 20.7. The number of rotatable bonds is 5. The van der Waals surface area contributed by atoms with Crippen molar-refractivity contribution in [2.45, 2.75) is 42.8 Å². The summed E-state index contributed by atoms with van der Waals surface area (Å²) in [6.07, 6.45) is 5.20. The van der Waals surface area contributed by atoms with Crippen LogP contribution in [0.5, 0.6) is 5.75 Å². The molecule has 1 atom stereocenters. The van der Waals surface area contributed by atoms with Crippen LogP contribution in [0.25, 0.3) is 11.0 Å². The molecule has 1 saturated heterocycles. The van der Waals surface area contributed by atoms with Gasteiger partial charge in [0.15, 0.2) is 5.75 Å². The highest BCUT2D eigenvalue weighted by Crippen LogP contribution is 2.35. The number of pyridine rings is 3. The SMILES string of the molecule is O=c1ccc2ncc(F)c3c2n1C[C@H]3CN1CCC(NCc2cc3c(cn2)OCCS3)CC1. The van der Waals surface area contributed by atoms with E-state index in [4.69, 9.17) is 4.74 Å². The van der Waals surface area contributed by atoms with Crippen molar-refractivity contribution in [1.29, 1.82) is 0 Å². The zero-order chi connectivity index (χ0) is 22.4. The number of ether oxygens (including phenoxy) is 1. The van der Waals surface area contributed by atoms with Gasteiger partial charge in [-0.2, -0.15) is 0 Å². The van der Waals surface area contributed by atoms with Gasteiger partial charge in [0.1, 0.15) is 5.82 Å². The van der Waals surface area contributed by atoms with Crippen LogP contribution in [-0.2, 0) is 13.1 Å². The van der Waals surface area contributed by atoms with Crippen LogP contribution in [0.4, 0.5) is 4.39 Å². The predicted octanol–water partition coefficient (Wildman–Crippen LogP) is 2.77. The van der Waals surface area contributed by atoms with Gasteiger partial charge in [0.05, 0.1) is 40.6 Å². The van der Waals surface area contributed by atoms with Gasteiger partial charge in [-0.05, 0) is 38.1 Å². The van der Waals surface area contributed by atoms with Crippen molar-refractivity contribution in [3.63, 3.8) is 0 Å². The number of nitrogens with zero attached hydrogens (tertiary/aromatic N) is 4. The molecule has 172 valence electrons. The van der Waals surface area contributed by atoms with E-state index in [1.54, 1.807) is 10.6 Å². The third-order valence-corrected chi connectivity index (χ3v) is 7.93. The molecule has 9 heteroatoms. The lowest BCUT2D eigenvalue weighted by Gasteiger charge is -2.34. The number of nitrogens with one attached hydrogen (secondary N) is 1. The van der Waals surface area contributed by atoms with E-state index in [1.165, 1.54) is 17.2 Å². The molecule has 1 fully saturated rings. The standard InChI is InChI=1S/C24H26FN5O2S/c25-18-11-28-19-1-2-22(31)30-14-15(23(18)24(19)30)13-29-5-3-16(4-6-29)26-10-17-9-21-20(12-27-17)32-7-8-33-21/h1-2,9,11-12,15-16,26H,3-8,10,13-14H2/t15-/m1/s1. The number of piperidine rings is 1. The number of hydrogen-bond acceptors (Lipinski definition) is 7. The summed E-state index contributed by atoms with van der Waals surface area (Å²) in [6.45, 7) is 4.69. The van der Waals surface area contributed by atoms with E-state index in [1.807, 2.05) is 18.0 Å². The molecule has 0 spiro atoms. The third-order valence-electron chi connectivity index (χ3n) is 6.93. The lowest BCUT2D eigenvalue weighted by Crippen LogP contribution is -2.43. The van der Waals surface area contributed by atoms with Crippen molar-refractivity contribution in [1.82, 2.24) is 24.8 Å². The topological polar surface area (TPSA) is 72.3 Å². The van der Waals surface area contributed by atoms with Gasteiger partial charge in [-0.3, -0.25) is 14.8 Å². The van der Waals surface area contributed by atoms with E-state index in [0.29, 0.717) is 29.2 Å². The first-order chi connectivity index (χ1) is 16.2. The number of likely N-dealkylation sites (tertiary alicyclic amines) is 1. The Kier molecular flexibility index (Phi) is 5.55. The average molecular weight is 468 g/mol. The van der Waals surface area contributed by atoms with Crippen molar-refractivity contribution < 1.29 is 9.13 Å². The summed E-state index contributed by atoms with van der Waals surface area (Å²) in [6, 6.07) is 5.79. The minimum Gasteiger partial charge on any atom is -0.490 e. The van der Waals surface area contributed by atoms with Gasteiger partial charge < -0.3 is 19.5 Å². The van der Waals surface area contributed by atoms with Crippen LogP contribution >= 0.6 is 11.8 Å². The van der Waals surface area contributed by atoms with E-state index in [-0.39, 0.29) is 17.3 Å². The molecule has 0 radical (unpaired) electrons. The Labute approximate surface area is 195 Å². The number of aromatic nitrogens is 3. The van der Waals surface area contributed by atoms with Gasteiger partial charge in [0.2, 0.25) is 0 Å². The summed E-state index contributed by atoms with van der Waals surface area (Å²) in [5.41, 5.74) is 2.98. The first-order valence-corrected chi connectivity index (χ1v) is 12.5. The Morgan fingerprint density at radius 1 is 1.21 bits per heavy atom. The number of halogens is 1. The second-order valence-electron chi connectivity index (χ2n) is 9.01. The van der Waals surface area contributed by atoms with Crippen LogP contribution in [0.2, 0.25) is 0 Å². The number of hydrogen-bond donors (Lipinski definition) is 1. The van der Waals surface area contributed by atoms with Crippen LogP contribution in [0.3, 0.4) is 0 Å². The minimum absolute atomic E-state index is 0.0190. The number of thioether (sulfide) groups is 1. The molecule has 1 N–H and O–H groups in total. The van der Waals surface area contributed by atoms with Crippen LogP contribution in [0.15, 0.2) is 40.3 Å². The molecule has 0 bridgehead atoms. The van der Waals surface area contributed by atoms with E-state index >= 15 is 0 Å². The zero-order valence-corrected chi connectivity index (χ0v) is 19.1. The lowest BCUT2D eigenvalue weighted by molar-refractivity contribution is 0.184. The molecule has 3 aliphatic heterocycles. The Balaban J connectivity index is 1.06. The highest BCUT2D eigenvalue weighted by molar-refractivity contribution is 7.99. The maximum Gasteiger partial charge on any atom is 0.251 e. The van der Waals surface area contributed by atoms with Crippen molar-refractivity contribution in [2.75, 3.05) is 32.0 Å². The molecule has 3 aromatic rings. The molecule has 0 saturated carbocycles. The molecule has 6 heterocycles. The maximum absolute atomic E-state index is 14.7. The van der Waals surface area contributed by atoms with Gasteiger partial charge >= 0.3 is 0 Å². The quantitative estimate of drug-likeness (QED) is 0.619. The molecular formula is C24H26FN5O2S. The first-order valence-electron chi connectivity index (χ1n) is 11.5. The smallest absolute Gasteiger partial charge is 0.251 e. The van der Waals surface area contributed by atoms with Gasteiger partial charge in [-0.15, -0.1) is 11.8 Å². The fourth-order valence-electron chi connectivity index (χ4n) is 5.26. The highest BCUT2D eigenvalue weighted by Gasteiger charge is 2.31. The minimum atomic E-state index is -0.304. The molecule has 0 amide bonds. The summed E-state index contributed by atoms with van der Waals surface area (Å²) < 4.78 is 22.0. The zero-order valence-electron chi connectivity index (χ0n) is 18.3. The van der Waals surface area contributed by atoms with Crippen LogP contribution < -0.4 is 15.6 Å². The van der Waals surface area contributed by atoms with E-state index in [0.717, 1.165) is 62.8 Å². The monoisotopic (exact) mass is 467 g/mol. The molecule has 0 aliphatic carbocycles. The third kappa shape index (κ3) is 4.02. The molecular weight excluding hydrogens is 441 g/mol. The maximum atomic E-state index is 14.7. The van der Waals surface area contributed by atoms with Crippen molar-refractivity contribution in [2.24, 2.45) is 0 Å².